The lowest BCUT2D eigenvalue weighted by Crippen LogP contribution is -2.10. The van der Waals surface area contributed by atoms with E-state index in [1.54, 1.807) is 25.4 Å². The topological polar surface area (TPSA) is 44.1 Å². The van der Waals surface area contributed by atoms with Gasteiger partial charge >= 0.3 is 5.97 Å². The first-order valence-corrected chi connectivity index (χ1v) is 4.68. The molecule has 1 rings (SSSR count). The third kappa shape index (κ3) is 3.42. The molecule has 0 saturated heterocycles. The molecule has 0 unspecified atom stereocenters. The Kier molecular flexibility index (Phi) is 4.34. The van der Waals surface area contributed by atoms with Gasteiger partial charge < -0.3 is 4.74 Å². The highest BCUT2D eigenvalue weighted by molar-refractivity contribution is 5.87. The molecular formula is C11H14N2O2. The fourth-order valence-electron chi connectivity index (χ4n) is 1.02. The van der Waals surface area contributed by atoms with E-state index >= 15 is 0 Å². The molecule has 0 aromatic carbocycles. The summed E-state index contributed by atoms with van der Waals surface area (Å²) in [6.07, 6.45) is 8.94. The molecule has 0 saturated carbocycles. The summed E-state index contributed by atoms with van der Waals surface area (Å²) in [6.45, 7) is 2.19. The minimum atomic E-state index is -0.361. The van der Waals surface area contributed by atoms with Gasteiger partial charge in [0.05, 0.1) is 0 Å². The molecule has 1 aromatic rings. The maximum atomic E-state index is 11.4. The van der Waals surface area contributed by atoms with Crippen LogP contribution in [0.4, 0.5) is 0 Å². The minimum absolute atomic E-state index is 0.272. The summed E-state index contributed by atoms with van der Waals surface area (Å²) in [5, 5.41) is 3.88. The molecule has 0 aliphatic heterocycles. The molecule has 80 valence electrons. The quantitative estimate of drug-likeness (QED) is 0.556. The van der Waals surface area contributed by atoms with Crippen molar-refractivity contribution in [3.05, 3.63) is 42.3 Å². The Hall–Kier alpha value is -1.84. The van der Waals surface area contributed by atoms with E-state index in [0.29, 0.717) is 5.69 Å². The van der Waals surface area contributed by atoms with Gasteiger partial charge in [0.1, 0.15) is 12.3 Å². The average molecular weight is 206 g/mol. The Balaban J connectivity index is 2.41. The average Bonchev–Trinajstić information content (AvgIpc) is 2.64. The zero-order chi connectivity index (χ0) is 11.1. The van der Waals surface area contributed by atoms with Crippen LogP contribution in [0.2, 0.25) is 0 Å². The SMILES string of the molecule is C/C=C/C=C/COC(=O)c1ccnn1C. The number of allylic oxidation sites excluding steroid dienone is 3. The fraction of sp³-hybridized carbons (Fsp3) is 0.273. The number of aryl methyl sites for hydroxylation is 1. The van der Waals surface area contributed by atoms with Crippen LogP contribution >= 0.6 is 0 Å². The van der Waals surface area contributed by atoms with Gasteiger partial charge in [-0.2, -0.15) is 5.10 Å². The summed E-state index contributed by atoms with van der Waals surface area (Å²) in [7, 11) is 1.70. The van der Waals surface area contributed by atoms with Gasteiger partial charge in [0.15, 0.2) is 0 Å². The third-order valence-corrected chi connectivity index (χ3v) is 1.78. The van der Waals surface area contributed by atoms with E-state index in [1.807, 2.05) is 25.2 Å². The van der Waals surface area contributed by atoms with Crippen molar-refractivity contribution < 1.29 is 9.53 Å². The van der Waals surface area contributed by atoms with Crippen LogP contribution in [-0.2, 0) is 11.8 Å². The molecule has 1 aromatic heterocycles. The van der Waals surface area contributed by atoms with Crippen LogP contribution in [-0.4, -0.2) is 22.4 Å². The first kappa shape index (κ1) is 11.2. The van der Waals surface area contributed by atoms with Crippen LogP contribution in [0.1, 0.15) is 17.4 Å². The second-order valence-electron chi connectivity index (χ2n) is 2.89. The molecule has 15 heavy (non-hydrogen) atoms. The molecule has 0 amide bonds. The number of rotatable bonds is 4. The number of aromatic nitrogens is 2. The van der Waals surface area contributed by atoms with E-state index in [2.05, 4.69) is 5.10 Å². The van der Waals surface area contributed by atoms with Crippen molar-refractivity contribution in [2.45, 2.75) is 6.92 Å². The molecular weight excluding hydrogens is 192 g/mol. The first-order chi connectivity index (χ1) is 7.25. The number of hydrogen-bond donors (Lipinski definition) is 0. The molecule has 1 heterocycles. The number of hydrogen-bond acceptors (Lipinski definition) is 3. The maximum Gasteiger partial charge on any atom is 0.356 e. The van der Waals surface area contributed by atoms with Crippen molar-refractivity contribution in [2.24, 2.45) is 7.05 Å². The summed E-state index contributed by atoms with van der Waals surface area (Å²) in [5.41, 5.74) is 0.453. The number of esters is 1. The fourth-order valence-corrected chi connectivity index (χ4v) is 1.02. The lowest BCUT2D eigenvalue weighted by atomic mass is 10.4. The third-order valence-electron chi connectivity index (χ3n) is 1.78. The molecule has 0 radical (unpaired) electrons. The van der Waals surface area contributed by atoms with Crippen molar-refractivity contribution in [2.75, 3.05) is 6.61 Å². The maximum absolute atomic E-state index is 11.4. The van der Waals surface area contributed by atoms with Gasteiger partial charge in [0.25, 0.3) is 0 Å². The monoisotopic (exact) mass is 206 g/mol. The number of carbonyl (C=O) groups excluding carboxylic acids is 1. The molecule has 4 nitrogen and oxygen atoms in total. The first-order valence-electron chi connectivity index (χ1n) is 4.68. The Bertz CT molecular complexity index is 378. The molecule has 0 bridgehead atoms. The van der Waals surface area contributed by atoms with E-state index in [-0.39, 0.29) is 12.6 Å². The zero-order valence-electron chi connectivity index (χ0n) is 8.88. The largest absolute Gasteiger partial charge is 0.457 e. The van der Waals surface area contributed by atoms with Gasteiger partial charge in [0, 0.05) is 13.2 Å². The summed E-state index contributed by atoms with van der Waals surface area (Å²) in [5.74, 6) is -0.361. The van der Waals surface area contributed by atoms with Crippen molar-refractivity contribution in [1.82, 2.24) is 9.78 Å². The second-order valence-corrected chi connectivity index (χ2v) is 2.89. The molecule has 4 heteroatoms. The minimum Gasteiger partial charge on any atom is -0.457 e. The van der Waals surface area contributed by atoms with Crippen LogP contribution in [0, 0.1) is 0 Å². The van der Waals surface area contributed by atoms with Crippen molar-refractivity contribution in [1.29, 1.82) is 0 Å². The van der Waals surface area contributed by atoms with Crippen molar-refractivity contribution in [3.63, 3.8) is 0 Å². The number of ether oxygens (including phenoxy) is 1. The van der Waals surface area contributed by atoms with Crippen LogP contribution in [0.5, 0.6) is 0 Å². The summed E-state index contributed by atoms with van der Waals surface area (Å²) >= 11 is 0. The standard InChI is InChI=1S/C11H14N2O2/c1-3-4-5-6-9-15-11(14)10-7-8-12-13(10)2/h3-8H,9H2,1-2H3/b4-3+,6-5+. The smallest absolute Gasteiger partial charge is 0.356 e. The second kappa shape index (κ2) is 5.80. The molecule has 0 fully saturated rings. The Morgan fingerprint density at radius 1 is 1.60 bits per heavy atom. The van der Waals surface area contributed by atoms with E-state index in [9.17, 15) is 4.79 Å². The number of nitrogens with zero attached hydrogens (tertiary/aromatic N) is 2. The highest BCUT2D eigenvalue weighted by atomic mass is 16.5. The predicted molar refractivity (Wildman–Crippen MR) is 57.4 cm³/mol. The molecule has 0 spiro atoms. The van der Waals surface area contributed by atoms with E-state index in [1.165, 1.54) is 4.68 Å². The summed E-state index contributed by atoms with van der Waals surface area (Å²) in [4.78, 5) is 11.4. The van der Waals surface area contributed by atoms with Crippen LogP contribution < -0.4 is 0 Å². The van der Waals surface area contributed by atoms with Gasteiger partial charge in [0.2, 0.25) is 0 Å². The van der Waals surface area contributed by atoms with Gasteiger partial charge in [-0.3, -0.25) is 4.68 Å². The molecule has 0 aliphatic rings. The highest BCUT2D eigenvalue weighted by Crippen LogP contribution is 1.99. The van der Waals surface area contributed by atoms with Crippen molar-refractivity contribution >= 4 is 5.97 Å². The van der Waals surface area contributed by atoms with Gasteiger partial charge in [-0.05, 0) is 19.1 Å². The highest BCUT2D eigenvalue weighted by Gasteiger charge is 2.09. The summed E-state index contributed by atoms with van der Waals surface area (Å²) in [6, 6.07) is 1.62. The normalized spacial score (nSPS) is 11.3. The zero-order valence-corrected chi connectivity index (χ0v) is 8.88. The van der Waals surface area contributed by atoms with Crippen molar-refractivity contribution in [3.8, 4) is 0 Å². The Morgan fingerprint density at radius 3 is 3.00 bits per heavy atom. The molecule has 0 aliphatic carbocycles. The lowest BCUT2D eigenvalue weighted by Gasteiger charge is -2.01. The van der Waals surface area contributed by atoms with E-state index in [0.717, 1.165) is 0 Å². The molecule has 0 atom stereocenters. The van der Waals surface area contributed by atoms with Crippen LogP contribution in [0.15, 0.2) is 36.6 Å². The molecule has 0 N–H and O–H groups in total. The van der Waals surface area contributed by atoms with Crippen LogP contribution in [0.25, 0.3) is 0 Å². The van der Waals surface area contributed by atoms with E-state index in [4.69, 9.17) is 4.74 Å². The number of carbonyl (C=O) groups is 1. The van der Waals surface area contributed by atoms with Gasteiger partial charge in [-0.25, -0.2) is 4.79 Å². The summed E-state index contributed by atoms with van der Waals surface area (Å²) < 4.78 is 6.48. The van der Waals surface area contributed by atoms with Gasteiger partial charge in [-0.1, -0.05) is 18.2 Å². The Morgan fingerprint density at radius 2 is 2.40 bits per heavy atom. The van der Waals surface area contributed by atoms with Crippen LogP contribution in [0.3, 0.4) is 0 Å². The van der Waals surface area contributed by atoms with E-state index < -0.39 is 0 Å². The van der Waals surface area contributed by atoms with Gasteiger partial charge in [-0.15, -0.1) is 0 Å². The Labute approximate surface area is 88.9 Å². The predicted octanol–water partition coefficient (Wildman–Crippen LogP) is 1.71. The lowest BCUT2D eigenvalue weighted by molar-refractivity contribution is 0.0537.